The van der Waals surface area contributed by atoms with Gasteiger partial charge in [-0.05, 0) is 44.2 Å². The average molecular weight is 447 g/mol. The van der Waals surface area contributed by atoms with Gasteiger partial charge in [-0.15, -0.1) is 0 Å². The van der Waals surface area contributed by atoms with Gasteiger partial charge in [0, 0.05) is 12.4 Å². The summed E-state index contributed by atoms with van der Waals surface area (Å²) in [4.78, 5) is 21.4. The number of fused-ring (bicyclic) bond motifs is 1. The van der Waals surface area contributed by atoms with E-state index in [1.807, 2.05) is 18.2 Å². The predicted octanol–water partition coefficient (Wildman–Crippen LogP) is 2.49. The first kappa shape index (κ1) is 22.1. The highest BCUT2D eigenvalue weighted by atomic mass is 19.1. The maximum absolute atomic E-state index is 14.1. The van der Waals surface area contributed by atoms with Gasteiger partial charge in [0.1, 0.15) is 12.2 Å². The van der Waals surface area contributed by atoms with E-state index < -0.39 is 17.7 Å². The van der Waals surface area contributed by atoms with Crippen LogP contribution in [0.1, 0.15) is 29.8 Å². The molecule has 1 amide bonds. The molecule has 0 saturated heterocycles. The number of aromatic nitrogens is 3. The highest BCUT2D eigenvalue weighted by molar-refractivity contribution is 6.01. The van der Waals surface area contributed by atoms with Crippen LogP contribution in [0.3, 0.4) is 0 Å². The number of rotatable bonds is 7. The quantitative estimate of drug-likeness (QED) is 0.511. The number of hydrogen-bond donors (Lipinski definition) is 3. The lowest BCUT2D eigenvalue weighted by Crippen LogP contribution is -2.42. The van der Waals surface area contributed by atoms with E-state index >= 15 is 0 Å². The molecule has 1 atom stereocenters. The molecule has 1 aliphatic heterocycles. The Morgan fingerprint density at radius 1 is 1.36 bits per heavy atom. The van der Waals surface area contributed by atoms with Crippen molar-refractivity contribution in [2.24, 2.45) is 4.99 Å². The number of anilines is 1. The van der Waals surface area contributed by atoms with Gasteiger partial charge in [-0.1, -0.05) is 0 Å². The molecule has 0 spiro atoms. The van der Waals surface area contributed by atoms with Crippen molar-refractivity contribution in [2.45, 2.75) is 25.6 Å². The molecule has 9 nitrogen and oxygen atoms in total. The number of nitrogens with one attached hydrogen (secondary N) is 2. The Morgan fingerprint density at radius 2 is 2.18 bits per heavy atom. The van der Waals surface area contributed by atoms with Gasteiger partial charge in [0.25, 0.3) is 5.91 Å². The van der Waals surface area contributed by atoms with E-state index in [-0.39, 0.29) is 12.1 Å². The summed E-state index contributed by atoms with van der Waals surface area (Å²) < 4.78 is 15.8. The molecule has 0 fully saturated rings. The molecule has 4 heterocycles. The van der Waals surface area contributed by atoms with E-state index in [9.17, 15) is 14.3 Å². The van der Waals surface area contributed by atoms with Crippen LogP contribution in [0.4, 0.5) is 10.1 Å². The number of carbonyl (C=O) groups excluding carboxylic acids is 1. The molecule has 0 unspecified atom stereocenters. The van der Waals surface area contributed by atoms with Gasteiger partial charge >= 0.3 is 0 Å². The van der Waals surface area contributed by atoms with Crippen LogP contribution in [0, 0.1) is 11.3 Å². The molecule has 0 saturated carbocycles. The fourth-order valence-corrected chi connectivity index (χ4v) is 3.25. The number of halogens is 1. The van der Waals surface area contributed by atoms with Crippen molar-refractivity contribution in [2.75, 3.05) is 18.4 Å². The highest BCUT2D eigenvalue weighted by Crippen LogP contribution is 2.26. The molecular formula is C23H22FN7O2. The Labute approximate surface area is 189 Å². The third-order valence-electron chi connectivity index (χ3n) is 5.17. The summed E-state index contributed by atoms with van der Waals surface area (Å²) in [7, 11) is 0. The standard InChI is InChI=1S/C23H22FN7O2/c1-23(2,33)21(24)13-28-22(32)17-12-27-19(8-18(17)30-15-5-6-26-11-15)20-4-3-16-7-14(9-25)10-29-31(16)20/h3-5,7-8,10-12,21,33H,6,13H2,1-2H3,(H,27,30)(H,28,32)/t21-/m1/s1. The minimum absolute atomic E-state index is 0.212. The highest BCUT2D eigenvalue weighted by Gasteiger charge is 2.27. The van der Waals surface area contributed by atoms with Crippen LogP contribution in [-0.4, -0.2) is 56.7 Å². The number of nitrogens with zero attached hydrogens (tertiary/aromatic N) is 5. The van der Waals surface area contributed by atoms with Crippen molar-refractivity contribution in [1.29, 1.82) is 5.26 Å². The second-order valence-electron chi connectivity index (χ2n) is 8.14. The van der Waals surface area contributed by atoms with E-state index in [2.05, 4.69) is 31.8 Å². The number of aliphatic hydroxyl groups is 1. The molecule has 0 radical (unpaired) electrons. The van der Waals surface area contributed by atoms with Crippen molar-refractivity contribution in [3.8, 4) is 17.5 Å². The van der Waals surface area contributed by atoms with Crippen LogP contribution in [0.5, 0.6) is 0 Å². The van der Waals surface area contributed by atoms with Crippen LogP contribution in [0.15, 0.2) is 53.4 Å². The molecule has 0 aromatic carbocycles. The molecule has 3 N–H and O–H groups in total. The topological polar surface area (TPSA) is 128 Å². The van der Waals surface area contributed by atoms with Crippen LogP contribution >= 0.6 is 0 Å². The molecule has 0 aliphatic carbocycles. The molecule has 33 heavy (non-hydrogen) atoms. The van der Waals surface area contributed by atoms with Gasteiger partial charge in [0.05, 0.1) is 64.3 Å². The number of aliphatic imine (C=N–C) groups is 1. The van der Waals surface area contributed by atoms with E-state index in [0.717, 1.165) is 11.2 Å². The fraction of sp³-hybridized carbons (Fsp3) is 0.261. The van der Waals surface area contributed by atoms with Crippen LogP contribution in [0.2, 0.25) is 0 Å². The largest absolute Gasteiger partial charge is 0.387 e. The number of amides is 1. The molecule has 0 bridgehead atoms. The second kappa shape index (κ2) is 8.80. The van der Waals surface area contributed by atoms with Crippen LogP contribution < -0.4 is 10.6 Å². The fourth-order valence-electron chi connectivity index (χ4n) is 3.25. The second-order valence-corrected chi connectivity index (χ2v) is 8.14. The zero-order chi connectivity index (χ0) is 23.6. The van der Waals surface area contributed by atoms with Gasteiger partial charge in [-0.2, -0.15) is 10.4 Å². The van der Waals surface area contributed by atoms with Gasteiger partial charge in [0.15, 0.2) is 0 Å². The van der Waals surface area contributed by atoms with Crippen molar-refractivity contribution < 1.29 is 14.3 Å². The minimum atomic E-state index is -1.63. The van der Waals surface area contributed by atoms with Crippen molar-refractivity contribution in [1.82, 2.24) is 19.9 Å². The summed E-state index contributed by atoms with van der Waals surface area (Å²) in [5.41, 5.74) is 2.20. The number of nitriles is 1. The van der Waals surface area contributed by atoms with E-state index in [1.165, 1.54) is 26.2 Å². The van der Waals surface area contributed by atoms with E-state index in [4.69, 9.17) is 5.26 Å². The Hall–Kier alpha value is -4.10. The lowest BCUT2D eigenvalue weighted by molar-refractivity contribution is -0.00177. The Morgan fingerprint density at radius 3 is 2.88 bits per heavy atom. The summed E-state index contributed by atoms with van der Waals surface area (Å²) in [6.07, 6.45) is 4.76. The molecule has 1 aliphatic rings. The van der Waals surface area contributed by atoms with Gasteiger partial charge in [-0.25, -0.2) is 8.91 Å². The lowest BCUT2D eigenvalue weighted by atomic mass is 10.0. The third-order valence-corrected chi connectivity index (χ3v) is 5.17. The number of hydrogen-bond acceptors (Lipinski definition) is 7. The zero-order valence-electron chi connectivity index (χ0n) is 18.1. The first-order valence-electron chi connectivity index (χ1n) is 10.3. The number of allylic oxidation sites excluding steroid dienone is 1. The van der Waals surface area contributed by atoms with E-state index in [0.29, 0.717) is 29.2 Å². The van der Waals surface area contributed by atoms with Crippen molar-refractivity contribution in [3.05, 3.63) is 59.6 Å². The zero-order valence-corrected chi connectivity index (χ0v) is 18.1. The molecular weight excluding hydrogens is 425 g/mol. The molecule has 3 aromatic heterocycles. The monoisotopic (exact) mass is 447 g/mol. The summed E-state index contributed by atoms with van der Waals surface area (Å²) >= 11 is 0. The maximum atomic E-state index is 14.1. The number of pyridine rings is 1. The third kappa shape index (κ3) is 4.73. The predicted molar refractivity (Wildman–Crippen MR) is 122 cm³/mol. The Balaban J connectivity index is 1.68. The maximum Gasteiger partial charge on any atom is 0.255 e. The first-order chi connectivity index (χ1) is 15.8. The van der Waals surface area contributed by atoms with E-state index in [1.54, 1.807) is 22.9 Å². The molecule has 168 valence electrons. The lowest BCUT2D eigenvalue weighted by Gasteiger charge is -2.22. The first-order valence-corrected chi connectivity index (χ1v) is 10.3. The molecule has 3 aromatic rings. The van der Waals surface area contributed by atoms with Crippen LogP contribution in [0.25, 0.3) is 16.9 Å². The minimum Gasteiger partial charge on any atom is -0.387 e. The SMILES string of the molecule is CC(C)(O)[C@H](F)CNC(=O)c1cnc(-c2ccc3cc(C#N)cnn23)cc1NC1=CCN=C1. The number of carbonyl (C=O) groups is 1. The normalized spacial score (nSPS) is 14.1. The Kier molecular flexibility index (Phi) is 5.89. The summed E-state index contributed by atoms with van der Waals surface area (Å²) in [6.45, 7) is 2.87. The van der Waals surface area contributed by atoms with Gasteiger partial charge in [-0.3, -0.25) is 14.8 Å². The molecule has 10 heteroatoms. The number of alkyl halides is 1. The molecule has 4 rings (SSSR count). The summed E-state index contributed by atoms with van der Waals surface area (Å²) in [6, 6.07) is 9.12. The van der Waals surface area contributed by atoms with Crippen molar-refractivity contribution >= 4 is 23.3 Å². The van der Waals surface area contributed by atoms with Crippen LogP contribution in [-0.2, 0) is 0 Å². The smallest absolute Gasteiger partial charge is 0.255 e. The summed E-state index contributed by atoms with van der Waals surface area (Å²) in [5, 5.41) is 28.9. The summed E-state index contributed by atoms with van der Waals surface area (Å²) in [5.74, 6) is -0.532. The Bertz CT molecular complexity index is 1310. The van der Waals surface area contributed by atoms with Crippen molar-refractivity contribution in [3.63, 3.8) is 0 Å². The van der Waals surface area contributed by atoms with Gasteiger partial charge in [0.2, 0.25) is 0 Å². The average Bonchev–Trinajstić information content (AvgIpc) is 3.45. The van der Waals surface area contributed by atoms with Gasteiger partial charge < -0.3 is 15.7 Å².